The van der Waals surface area contributed by atoms with Gasteiger partial charge in [-0.2, -0.15) is 4.39 Å². The molecule has 0 fully saturated rings. The van der Waals surface area contributed by atoms with Gasteiger partial charge in [0.2, 0.25) is 11.7 Å². The van der Waals surface area contributed by atoms with Crippen molar-refractivity contribution in [2.24, 2.45) is 0 Å². The van der Waals surface area contributed by atoms with E-state index in [0.717, 1.165) is 32.4 Å². The van der Waals surface area contributed by atoms with E-state index >= 15 is 0 Å². The average Bonchev–Trinajstić information content (AvgIpc) is 3.03. The van der Waals surface area contributed by atoms with Crippen LogP contribution in [0, 0.1) is 15.9 Å². The fourth-order valence-corrected chi connectivity index (χ4v) is 4.34. The molecular formula is C17H14FN3O3S2. The molecule has 2 aromatic carbocycles. The summed E-state index contributed by atoms with van der Waals surface area (Å²) in [4.78, 5) is 26.3. The molecule has 0 spiro atoms. The van der Waals surface area contributed by atoms with Crippen molar-refractivity contribution in [2.45, 2.75) is 17.2 Å². The van der Waals surface area contributed by atoms with Gasteiger partial charge in [-0.05, 0) is 30.7 Å². The number of nitro groups is 1. The average molecular weight is 391 g/mol. The van der Waals surface area contributed by atoms with Crippen molar-refractivity contribution in [3.05, 3.63) is 58.4 Å². The second-order valence-corrected chi connectivity index (χ2v) is 7.74. The third-order valence-corrected chi connectivity index (χ3v) is 5.74. The molecule has 3 aromatic rings. The molecular weight excluding hydrogens is 377 g/mol. The van der Waals surface area contributed by atoms with Gasteiger partial charge >= 0.3 is 5.69 Å². The predicted octanol–water partition coefficient (Wildman–Crippen LogP) is 4.85. The maximum atomic E-state index is 13.3. The van der Waals surface area contributed by atoms with Crippen LogP contribution in [0.5, 0.6) is 0 Å². The highest BCUT2D eigenvalue weighted by Gasteiger charge is 2.15. The minimum absolute atomic E-state index is 0.210. The number of thiazole rings is 1. The Morgan fingerprint density at radius 2 is 2.12 bits per heavy atom. The molecule has 0 aliphatic heterocycles. The number of nitrogens with zero attached hydrogens (tertiary/aromatic N) is 2. The number of rotatable bonds is 7. The molecule has 6 nitrogen and oxygen atoms in total. The first-order valence-electron chi connectivity index (χ1n) is 7.75. The number of nitrogens with one attached hydrogen (secondary N) is 1. The third kappa shape index (κ3) is 4.55. The largest absolute Gasteiger partial charge is 0.326 e. The number of carbonyl (C=O) groups is 1. The normalized spacial score (nSPS) is 10.8. The zero-order valence-corrected chi connectivity index (χ0v) is 15.1. The summed E-state index contributed by atoms with van der Waals surface area (Å²) in [5.41, 5.74) is 0.520. The van der Waals surface area contributed by atoms with Crippen LogP contribution in [0.15, 0.2) is 46.8 Å². The number of amides is 1. The Balaban J connectivity index is 1.47. The van der Waals surface area contributed by atoms with E-state index in [1.165, 1.54) is 6.07 Å². The van der Waals surface area contributed by atoms with Crippen molar-refractivity contribution in [1.82, 2.24) is 4.98 Å². The Labute approximate surface area is 156 Å². The number of hydrogen-bond acceptors (Lipinski definition) is 6. The van der Waals surface area contributed by atoms with Crippen LogP contribution in [-0.2, 0) is 4.79 Å². The van der Waals surface area contributed by atoms with Crippen LogP contribution < -0.4 is 5.32 Å². The third-order valence-electron chi connectivity index (χ3n) is 3.47. The molecule has 0 unspecified atom stereocenters. The second-order valence-electron chi connectivity index (χ2n) is 5.37. The van der Waals surface area contributed by atoms with Crippen molar-refractivity contribution in [3.63, 3.8) is 0 Å². The van der Waals surface area contributed by atoms with Gasteiger partial charge in [0.15, 0.2) is 4.34 Å². The first-order valence-corrected chi connectivity index (χ1v) is 9.55. The van der Waals surface area contributed by atoms with Crippen LogP contribution in [0.25, 0.3) is 10.2 Å². The Bertz CT molecular complexity index is 928. The lowest BCUT2D eigenvalue weighted by molar-refractivity contribution is -0.387. The van der Waals surface area contributed by atoms with E-state index in [9.17, 15) is 19.3 Å². The summed E-state index contributed by atoms with van der Waals surface area (Å²) < 4.78 is 15.4. The van der Waals surface area contributed by atoms with Crippen molar-refractivity contribution >= 4 is 50.6 Å². The van der Waals surface area contributed by atoms with E-state index in [-0.39, 0.29) is 18.0 Å². The van der Waals surface area contributed by atoms with Gasteiger partial charge in [0.25, 0.3) is 0 Å². The number of aromatic nitrogens is 1. The molecule has 0 bridgehead atoms. The van der Waals surface area contributed by atoms with Crippen LogP contribution in [0.4, 0.5) is 15.8 Å². The Kier molecular flexibility index (Phi) is 5.79. The maximum Gasteiger partial charge on any atom is 0.306 e. The van der Waals surface area contributed by atoms with Gasteiger partial charge in [-0.15, -0.1) is 11.3 Å². The number of hydrogen-bond donors (Lipinski definition) is 1. The molecule has 1 aromatic heterocycles. The van der Waals surface area contributed by atoms with Crippen LogP contribution in [0.3, 0.4) is 0 Å². The fourth-order valence-electron chi connectivity index (χ4n) is 2.26. The molecule has 26 heavy (non-hydrogen) atoms. The smallest absolute Gasteiger partial charge is 0.306 e. The molecule has 3 rings (SSSR count). The van der Waals surface area contributed by atoms with E-state index in [0.29, 0.717) is 6.42 Å². The summed E-state index contributed by atoms with van der Waals surface area (Å²) >= 11 is 3.21. The van der Waals surface area contributed by atoms with Gasteiger partial charge in [-0.1, -0.05) is 23.9 Å². The maximum absolute atomic E-state index is 13.3. The Morgan fingerprint density at radius 1 is 1.31 bits per heavy atom. The monoisotopic (exact) mass is 391 g/mol. The van der Waals surface area contributed by atoms with Crippen molar-refractivity contribution < 1.29 is 14.1 Å². The quantitative estimate of drug-likeness (QED) is 0.269. The molecule has 0 atom stereocenters. The fraction of sp³-hybridized carbons (Fsp3) is 0.176. The number of carbonyl (C=O) groups excluding carboxylic acids is 1. The number of halogens is 1. The molecule has 0 saturated carbocycles. The summed E-state index contributed by atoms with van der Waals surface area (Å²) in [6, 6.07) is 11.2. The summed E-state index contributed by atoms with van der Waals surface area (Å²) in [5.74, 6) is -0.465. The van der Waals surface area contributed by atoms with E-state index in [2.05, 4.69) is 10.3 Å². The second kappa shape index (κ2) is 8.24. The summed E-state index contributed by atoms with van der Waals surface area (Å²) in [6.07, 6.45) is 0.902. The molecule has 0 aliphatic rings. The lowest BCUT2D eigenvalue weighted by Crippen LogP contribution is -2.11. The highest BCUT2D eigenvalue weighted by atomic mass is 32.2. The zero-order chi connectivity index (χ0) is 18.5. The molecule has 9 heteroatoms. The summed E-state index contributed by atoms with van der Waals surface area (Å²) in [5, 5.41) is 13.3. The van der Waals surface area contributed by atoms with Gasteiger partial charge in [0, 0.05) is 23.9 Å². The van der Waals surface area contributed by atoms with Crippen molar-refractivity contribution in [2.75, 3.05) is 11.1 Å². The molecule has 1 heterocycles. The van der Waals surface area contributed by atoms with E-state index in [4.69, 9.17) is 0 Å². The SMILES string of the molecule is O=C(CCCSc1nc2ccccc2s1)Nc1ccc(F)c([N+](=O)[O-])c1. The van der Waals surface area contributed by atoms with Crippen LogP contribution in [0.1, 0.15) is 12.8 Å². The van der Waals surface area contributed by atoms with Gasteiger partial charge in [-0.25, -0.2) is 4.98 Å². The topological polar surface area (TPSA) is 85.1 Å². The molecule has 1 N–H and O–H groups in total. The van der Waals surface area contributed by atoms with E-state index < -0.39 is 16.4 Å². The lowest BCUT2D eigenvalue weighted by atomic mass is 10.2. The van der Waals surface area contributed by atoms with Gasteiger partial charge in [0.05, 0.1) is 15.1 Å². The number of thioether (sulfide) groups is 1. The summed E-state index contributed by atoms with van der Waals surface area (Å²) in [7, 11) is 0. The number of anilines is 1. The van der Waals surface area contributed by atoms with Gasteiger partial charge in [-0.3, -0.25) is 14.9 Å². The van der Waals surface area contributed by atoms with Crippen molar-refractivity contribution in [1.29, 1.82) is 0 Å². The predicted molar refractivity (Wildman–Crippen MR) is 101 cm³/mol. The number of benzene rings is 2. The number of para-hydroxylation sites is 1. The zero-order valence-electron chi connectivity index (χ0n) is 13.5. The van der Waals surface area contributed by atoms with Crippen molar-refractivity contribution in [3.8, 4) is 0 Å². The molecule has 0 aliphatic carbocycles. The minimum Gasteiger partial charge on any atom is -0.326 e. The molecule has 0 radical (unpaired) electrons. The van der Waals surface area contributed by atoms with Crippen LogP contribution >= 0.6 is 23.1 Å². The standard InChI is InChI=1S/C17H14FN3O3S2/c18-12-8-7-11(10-14(12)21(23)24)19-16(22)6-3-9-25-17-20-13-4-1-2-5-15(13)26-17/h1-2,4-5,7-8,10H,3,6,9H2,(H,19,22). The molecule has 0 saturated heterocycles. The van der Waals surface area contributed by atoms with E-state index in [1.807, 2.05) is 24.3 Å². The molecule has 1 amide bonds. The number of nitro benzene ring substituents is 1. The van der Waals surface area contributed by atoms with Crippen LogP contribution in [0.2, 0.25) is 0 Å². The van der Waals surface area contributed by atoms with E-state index in [1.54, 1.807) is 23.1 Å². The lowest BCUT2D eigenvalue weighted by Gasteiger charge is -2.05. The first-order chi connectivity index (χ1) is 12.5. The van der Waals surface area contributed by atoms with Gasteiger partial charge in [0.1, 0.15) is 0 Å². The first kappa shape index (κ1) is 18.3. The highest BCUT2D eigenvalue weighted by molar-refractivity contribution is 8.01. The van der Waals surface area contributed by atoms with Crippen LogP contribution in [-0.4, -0.2) is 21.6 Å². The molecule has 134 valence electrons. The Hall–Kier alpha value is -2.52. The van der Waals surface area contributed by atoms with Gasteiger partial charge < -0.3 is 5.32 Å². The number of fused-ring (bicyclic) bond motifs is 1. The highest BCUT2D eigenvalue weighted by Crippen LogP contribution is 2.29. The Morgan fingerprint density at radius 3 is 2.88 bits per heavy atom. The minimum atomic E-state index is -0.930. The summed E-state index contributed by atoms with van der Waals surface area (Å²) in [6.45, 7) is 0.